The normalized spacial score (nSPS) is 10.5. The molecule has 6 nitrogen and oxygen atoms in total. The molecule has 7 heteroatoms. The second-order valence-electron chi connectivity index (χ2n) is 5.76. The summed E-state index contributed by atoms with van der Waals surface area (Å²) in [4.78, 5) is 13.1. The predicted octanol–water partition coefficient (Wildman–Crippen LogP) is 4.40. The van der Waals surface area contributed by atoms with Gasteiger partial charge in [-0.05, 0) is 30.3 Å². The van der Waals surface area contributed by atoms with E-state index in [1.165, 1.54) is 11.3 Å². The molecule has 0 aliphatic carbocycles. The predicted molar refractivity (Wildman–Crippen MR) is 105 cm³/mol. The van der Waals surface area contributed by atoms with Crippen LogP contribution in [0.15, 0.2) is 60.2 Å². The summed E-state index contributed by atoms with van der Waals surface area (Å²) in [6.07, 6.45) is 2.31. The van der Waals surface area contributed by atoms with Gasteiger partial charge in [-0.25, -0.2) is 15.0 Å². The van der Waals surface area contributed by atoms with Crippen LogP contribution in [0.25, 0.3) is 10.9 Å². The average Bonchev–Trinajstić information content (AvgIpc) is 3.15. The van der Waals surface area contributed by atoms with Gasteiger partial charge in [0, 0.05) is 23.7 Å². The Hall–Kier alpha value is -3.50. The fourth-order valence-electron chi connectivity index (χ4n) is 2.63. The van der Waals surface area contributed by atoms with E-state index in [1.54, 1.807) is 24.5 Å². The summed E-state index contributed by atoms with van der Waals surface area (Å²) in [5.41, 5.74) is 2.42. The molecular weight excluding hydrogens is 358 g/mol. The van der Waals surface area contributed by atoms with Crippen LogP contribution in [0.4, 0.5) is 5.82 Å². The molecule has 0 radical (unpaired) electrons. The van der Waals surface area contributed by atoms with E-state index < -0.39 is 0 Å². The number of fused-ring (bicyclic) bond motifs is 1. The SMILES string of the molecule is N#Cc1cccc(Oc2nc(CCNc3ncnc4ccccc34)cs2)c1. The summed E-state index contributed by atoms with van der Waals surface area (Å²) in [5, 5.41) is 15.8. The highest BCUT2D eigenvalue weighted by Gasteiger charge is 2.07. The zero-order valence-corrected chi connectivity index (χ0v) is 15.1. The molecule has 0 unspecified atom stereocenters. The number of anilines is 1. The molecule has 0 fully saturated rings. The minimum absolute atomic E-state index is 0.561. The molecule has 0 saturated heterocycles. The first-order valence-electron chi connectivity index (χ1n) is 8.38. The van der Waals surface area contributed by atoms with Gasteiger partial charge in [0.25, 0.3) is 5.19 Å². The molecule has 0 saturated carbocycles. The van der Waals surface area contributed by atoms with Gasteiger partial charge in [0.1, 0.15) is 17.9 Å². The quantitative estimate of drug-likeness (QED) is 0.539. The van der Waals surface area contributed by atoms with Crippen molar-refractivity contribution < 1.29 is 4.74 Å². The molecule has 0 bridgehead atoms. The Morgan fingerprint density at radius 1 is 1.11 bits per heavy atom. The minimum atomic E-state index is 0.561. The van der Waals surface area contributed by atoms with Crippen LogP contribution in [0.1, 0.15) is 11.3 Å². The van der Waals surface area contributed by atoms with Crippen LogP contribution in [0.2, 0.25) is 0 Å². The van der Waals surface area contributed by atoms with Crippen LogP contribution in [0, 0.1) is 11.3 Å². The third-order valence-corrected chi connectivity index (χ3v) is 4.68. The third-order valence-electron chi connectivity index (χ3n) is 3.92. The maximum absolute atomic E-state index is 8.95. The smallest absolute Gasteiger partial charge is 0.278 e. The van der Waals surface area contributed by atoms with Gasteiger partial charge < -0.3 is 10.1 Å². The average molecular weight is 373 g/mol. The van der Waals surface area contributed by atoms with E-state index in [9.17, 15) is 0 Å². The molecule has 2 aromatic heterocycles. The topological polar surface area (TPSA) is 83.7 Å². The Morgan fingerprint density at radius 3 is 2.96 bits per heavy atom. The summed E-state index contributed by atoms with van der Waals surface area (Å²) in [7, 11) is 0. The van der Waals surface area contributed by atoms with Crippen molar-refractivity contribution >= 4 is 28.1 Å². The molecule has 0 aliphatic heterocycles. The zero-order valence-electron chi connectivity index (χ0n) is 14.3. The Morgan fingerprint density at radius 2 is 2.04 bits per heavy atom. The lowest BCUT2D eigenvalue weighted by Crippen LogP contribution is -2.07. The van der Waals surface area contributed by atoms with E-state index in [0.717, 1.165) is 28.8 Å². The molecule has 0 aliphatic rings. The maximum Gasteiger partial charge on any atom is 0.278 e. The minimum Gasteiger partial charge on any atom is -0.431 e. The number of benzene rings is 2. The molecule has 27 heavy (non-hydrogen) atoms. The number of nitrogens with one attached hydrogen (secondary N) is 1. The lowest BCUT2D eigenvalue weighted by molar-refractivity contribution is 0.477. The van der Waals surface area contributed by atoms with E-state index in [-0.39, 0.29) is 0 Å². The molecule has 1 N–H and O–H groups in total. The van der Waals surface area contributed by atoms with Gasteiger partial charge in [-0.2, -0.15) is 5.26 Å². The number of hydrogen-bond acceptors (Lipinski definition) is 7. The van der Waals surface area contributed by atoms with Crippen LogP contribution in [-0.2, 0) is 6.42 Å². The van der Waals surface area contributed by atoms with Crippen molar-refractivity contribution in [3.63, 3.8) is 0 Å². The molecule has 0 atom stereocenters. The van der Waals surface area contributed by atoms with E-state index in [1.807, 2.05) is 35.7 Å². The number of nitriles is 1. The maximum atomic E-state index is 8.95. The fourth-order valence-corrected chi connectivity index (χ4v) is 3.36. The molecule has 4 rings (SSSR count). The van der Waals surface area contributed by atoms with Gasteiger partial charge >= 0.3 is 0 Å². The van der Waals surface area contributed by atoms with Gasteiger partial charge in [-0.3, -0.25) is 0 Å². The highest BCUT2D eigenvalue weighted by atomic mass is 32.1. The summed E-state index contributed by atoms with van der Waals surface area (Å²) in [6.45, 7) is 0.702. The van der Waals surface area contributed by atoms with E-state index >= 15 is 0 Å². The van der Waals surface area contributed by atoms with E-state index in [0.29, 0.717) is 23.1 Å². The molecule has 2 aromatic carbocycles. The van der Waals surface area contributed by atoms with Crippen molar-refractivity contribution in [1.82, 2.24) is 15.0 Å². The van der Waals surface area contributed by atoms with Crippen LogP contribution < -0.4 is 10.1 Å². The van der Waals surface area contributed by atoms with E-state index in [2.05, 4.69) is 26.3 Å². The van der Waals surface area contributed by atoms with Crippen molar-refractivity contribution in [2.75, 3.05) is 11.9 Å². The van der Waals surface area contributed by atoms with Crippen molar-refractivity contribution in [2.45, 2.75) is 6.42 Å². The van der Waals surface area contributed by atoms with Gasteiger partial charge in [0.05, 0.1) is 22.8 Å². The van der Waals surface area contributed by atoms with Crippen molar-refractivity contribution in [1.29, 1.82) is 5.26 Å². The van der Waals surface area contributed by atoms with Gasteiger partial charge in [0.15, 0.2) is 0 Å². The molecular formula is C20H15N5OS. The number of aromatic nitrogens is 3. The van der Waals surface area contributed by atoms with Crippen LogP contribution in [-0.4, -0.2) is 21.5 Å². The second kappa shape index (κ2) is 7.81. The van der Waals surface area contributed by atoms with Crippen LogP contribution in [0.5, 0.6) is 10.9 Å². The highest BCUT2D eigenvalue weighted by molar-refractivity contribution is 7.11. The molecule has 0 spiro atoms. The van der Waals surface area contributed by atoms with E-state index in [4.69, 9.17) is 10.00 Å². The number of ether oxygens (including phenoxy) is 1. The number of hydrogen-bond donors (Lipinski definition) is 1. The Balaban J connectivity index is 1.37. The fraction of sp³-hybridized carbons (Fsp3) is 0.100. The third kappa shape index (κ3) is 4.02. The summed E-state index contributed by atoms with van der Waals surface area (Å²) in [6, 6.07) is 17.0. The van der Waals surface area contributed by atoms with Crippen LogP contribution >= 0.6 is 11.3 Å². The van der Waals surface area contributed by atoms with Crippen LogP contribution in [0.3, 0.4) is 0 Å². The molecule has 4 aromatic rings. The Kier molecular flexibility index (Phi) is 4.90. The Bertz CT molecular complexity index is 1110. The number of rotatable bonds is 6. The first-order chi connectivity index (χ1) is 13.3. The summed E-state index contributed by atoms with van der Waals surface area (Å²) < 4.78 is 5.74. The lowest BCUT2D eigenvalue weighted by atomic mass is 10.2. The van der Waals surface area contributed by atoms with Gasteiger partial charge in [-0.15, -0.1) is 0 Å². The number of para-hydroxylation sites is 1. The summed E-state index contributed by atoms with van der Waals surface area (Å²) >= 11 is 1.44. The van der Waals surface area contributed by atoms with Gasteiger partial charge in [-0.1, -0.05) is 29.5 Å². The molecule has 2 heterocycles. The van der Waals surface area contributed by atoms with Crippen molar-refractivity contribution in [3.05, 3.63) is 71.5 Å². The van der Waals surface area contributed by atoms with Gasteiger partial charge in [0.2, 0.25) is 0 Å². The van der Waals surface area contributed by atoms with Crippen molar-refractivity contribution in [2.24, 2.45) is 0 Å². The number of nitrogens with zero attached hydrogens (tertiary/aromatic N) is 4. The molecule has 132 valence electrons. The Labute approximate surface area is 160 Å². The highest BCUT2D eigenvalue weighted by Crippen LogP contribution is 2.26. The first-order valence-corrected chi connectivity index (χ1v) is 9.26. The standard InChI is InChI=1S/C20H15N5OS/c21-11-14-4-3-5-16(10-14)26-20-25-15(12-27-20)8-9-22-19-17-6-1-2-7-18(17)23-13-24-19/h1-7,10,12-13H,8-9H2,(H,22,23,24). The van der Waals surface area contributed by atoms with Crippen molar-refractivity contribution in [3.8, 4) is 17.0 Å². The first kappa shape index (κ1) is 16.9. The second-order valence-corrected chi connectivity index (χ2v) is 6.58. The largest absolute Gasteiger partial charge is 0.431 e. The zero-order chi connectivity index (χ0) is 18.5. The summed E-state index contributed by atoms with van der Waals surface area (Å²) in [5.74, 6) is 1.43. The monoisotopic (exact) mass is 373 g/mol. The molecule has 0 amide bonds. The number of thiazole rings is 1. The lowest BCUT2D eigenvalue weighted by Gasteiger charge is -2.07.